The number of aryl methyl sites for hydroxylation is 2. The number of H-pyrrole nitrogens is 1. The highest BCUT2D eigenvalue weighted by molar-refractivity contribution is 5.68. The number of hydrogen-bond acceptors (Lipinski definition) is 6. The van der Waals surface area contributed by atoms with Crippen LogP contribution in [0.2, 0.25) is 0 Å². The van der Waals surface area contributed by atoms with Gasteiger partial charge in [0.2, 0.25) is 0 Å². The molecule has 0 spiro atoms. The van der Waals surface area contributed by atoms with Crippen molar-refractivity contribution in [3.8, 4) is 0 Å². The minimum Gasteiger partial charge on any atom is -0.381 e. The molecule has 1 unspecified atom stereocenters. The van der Waals surface area contributed by atoms with Gasteiger partial charge in [0.05, 0.1) is 12.8 Å². The molecule has 0 aliphatic carbocycles. The minimum absolute atomic E-state index is 0.0572. The maximum absolute atomic E-state index is 5.56. The van der Waals surface area contributed by atoms with Gasteiger partial charge in [0.15, 0.2) is 5.65 Å². The van der Waals surface area contributed by atoms with Crippen molar-refractivity contribution >= 4 is 11.2 Å². The van der Waals surface area contributed by atoms with Gasteiger partial charge >= 0.3 is 0 Å². The van der Waals surface area contributed by atoms with Gasteiger partial charge in [-0.25, -0.2) is 15.0 Å². The molecular weight excluding hydrogens is 376 g/mol. The van der Waals surface area contributed by atoms with Crippen LogP contribution in [0.5, 0.6) is 0 Å². The van der Waals surface area contributed by atoms with Crippen LogP contribution in [0.15, 0.2) is 30.9 Å². The van der Waals surface area contributed by atoms with E-state index in [-0.39, 0.29) is 5.54 Å². The first-order valence-electron chi connectivity index (χ1n) is 10.8. The Hall–Kier alpha value is -2.38. The van der Waals surface area contributed by atoms with Gasteiger partial charge in [-0.2, -0.15) is 0 Å². The summed E-state index contributed by atoms with van der Waals surface area (Å²) >= 11 is 0. The molecule has 30 heavy (non-hydrogen) atoms. The summed E-state index contributed by atoms with van der Waals surface area (Å²) in [5, 5.41) is 0. The summed E-state index contributed by atoms with van der Waals surface area (Å²) in [6, 6.07) is 4.31. The number of hydrogen-bond donors (Lipinski definition) is 1. The van der Waals surface area contributed by atoms with Crippen molar-refractivity contribution in [3.05, 3.63) is 47.9 Å². The van der Waals surface area contributed by atoms with Gasteiger partial charge in [0.25, 0.3) is 0 Å². The normalized spacial score (nSPS) is 17.2. The topological polar surface area (TPSA) is 79.8 Å². The van der Waals surface area contributed by atoms with Crippen LogP contribution >= 0.6 is 0 Å². The molecule has 0 radical (unpaired) electrons. The predicted octanol–water partition coefficient (Wildman–Crippen LogP) is 3.90. The summed E-state index contributed by atoms with van der Waals surface area (Å²) < 4.78 is 5.56. The second-order valence-corrected chi connectivity index (χ2v) is 8.30. The van der Waals surface area contributed by atoms with Crippen molar-refractivity contribution in [3.63, 3.8) is 0 Å². The summed E-state index contributed by atoms with van der Waals surface area (Å²) in [6.45, 7) is 14.7. The van der Waals surface area contributed by atoms with E-state index in [1.165, 1.54) is 18.3 Å². The van der Waals surface area contributed by atoms with Crippen LogP contribution < -0.4 is 0 Å². The van der Waals surface area contributed by atoms with E-state index < -0.39 is 0 Å². The predicted molar refractivity (Wildman–Crippen MR) is 119 cm³/mol. The van der Waals surface area contributed by atoms with Crippen LogP contribution in [0.25, 0.3) is 11.2 Å². The number of imidazole rings is 1. The Morgan fingerprint density at radius 2 is 2.03 bits per heavy atom. The molecule has 0 saturated carbocycles. The number of nitrogens with one attached hydrogen (secondary N) is 1. The molecule has 3 aromatic heterocycles. The molecule has 1 atom stereocenters. The van der Waals surface area contributed by atoms with E-state index in [2.05, 4.69) is 62.7 Å². The third-order valence-electron chi connectivity index (χ3n) is 5.80. The monoisotopic (exact) mass is 410 g/mol. The highest BCUT2D eigenvalue weighted by Gasteiger charge is 2.34. The Balaban J connectivity index is 0.000000196. The van der Waals surface area contributed by atoms with Gasteiger partial charge in [-0.3, -0.25) is 9.88 Å². The fraction of sp³-hybridized carbons (Fsp3) is 0.565. The molecule has 7 nitrogen and oxygen atoms in total. The van der Waals surface area contributed by atoms with Crippen molar-refractivity contribution in [2.45, 2.75) is 53.0 Å². The van der Waals surface area contributed by atoms with Crippen molar-refractivity contribution in [2.75, 3.05) is 26.3 Å². The highest BCUT2D eigenvalue weighted by atomic mass is 16.5. The van der Waals surface area contributed by atoms with Crippen LogP contribution in [0.4, 0.5) is 0 Å². The van der Waals surface area contributed by atoms with E-state index in [1.807, 2.05) is 20.0 Å². The van der Waals surface area contributed by atoms with Crippen LogP contribution in [0.1, 0.15) is 51.2 Å². The Morgan fingerprint density at radius 3 is 2.70 bits per heavy atom. The van der Waals surface area contributed by atoms with E-state index in [0.29, 0.717) is 5.92 Å². The van der Waals surface area contributed by atoms with Gasteiger partial charge in [-0.05, 0) is 58.2 Å². The number of likely N-dealkylation sites (tertiary alicyclic amines) is 1. The molecule has 7 heteroatoms. The zero-order valence-corrected chi connectivity index (χ0v) is 18.9. The van der Waals surface area contributed by atoms with Gasteiger partial charge in [0, 0.05) is 37.0 Å². The Kier molecular flexibility index (Phi) is 7.50. The van der Waals surface area contributed by atoms with Crippen LogP contribution in [0.3, 0.4) is 0 Å². The van der Waals surface area contributed by atoms with E-state index in [0.717, 1.165) is 55.4 Å². The molecule has 1 aliphatic heterocycles. The van der Waals surface area contributed by atoms with Gasteiger partial charge in [-0.15, -0.1) is 0 Å². The lowest BCUT2D eigenvalue weighted by Gasteiger charge is -2.36. The number of rotatable bonds is 6. The summed E-state index contributed by atoms with van der Waals surface area (Å²) in [7, 11) is 0. The largest absolute Gasteiger partial charge is 0.381 e. The first kappa shape index (κ1) is 22.3. The molecule has 0 bridgehead atoms. The number of pyridine rings is 1. The first-order chi connectivity index (χ1) is 14.4. The molecule has 4 rings (SSSR count). The molecule has 0 aromatic carbocycles. The van der Waals surface area contributed by atoms with Crippen molar-refractivity contribution in [1.82, 2.24) is 29.8 Å². The maximum Gasteiger partial charge on any atom is 0.180 e. The second kappa shape index (κ2) is 10.1. The smallest absolute Gasteiger partial charge is 0.180 e. The van der Waals surface area contributed by atoms with Gasteiger partial charge in [0.1, 0.15) is 17.7 Å². The van der Waals surface area contributed by atoms with E-state index in [9.17, 15) is 0 Å². The zero-order chi connectivity index (χ0) is 21.6. The Bertz CT molecular complexity index is 888. The number of aromatic amines is 1. The standard InChI is InChI=1S/C16H26N2O.C7H8N4/c1-5-19-12-14-8-9-18(11-14)16(3,4)15-7-6-13(2)17-10-15;1-2-6-10-5-3-8-4-9-7(5)11-6/h6-7,10,14H,5,8-9,11-12H2,1-4H3;3-4H,2H2,1H3,(H,8,9,10,11). The quantitative estimate of drug-likeness (QED) is 0.664. The lowest BCUT2D eigenvalue weighted by atomic mass is 9.94. The number of aromatic nitrogens is 5. The fourth-order valence-corrected chi connectivity index (χ4v) is 3.75. The van der Waals surface area contributed by atoms with Gasteiger partial charge in [-0.1, -0.05) is 13.0 Å². The first-order valence-corrected chi connectivity index (χ1v) is 10.8. The molecular formula is C23H34N6O. The van der Waals surface area contributed by atoms with Crippen LogP contribution in [0, 0.1) is 12.8 Å². The lowest BCUT2D eigenvalue weighted by Crippen LogP contribution is -2.40. The van der Waals surface area contributed by atoms with Crippen LogP contribution in [-0.2, 0) is 16.7 Å². The zero-order valence-electron chi connectivity index (χ0n) is 18.9. The SMILES string of the molecule is CCOCC1CCN(C(C)(C)c2ccc(C)nc2)C1.CCc1nc2ncncc2[nH]1. The molecule has 1 saturated heterocycles. The molecule has 1 aliphatic rings. The lowest BCUT2D eigenvalue weighted by molar-refractivity contribution is 0.0977. The van der Waals surface area contributed by atoms with Crippen molar-refractivity contribution in [1.29, 1.82) is 0 Å². The van der Waals surface area contributed by atoms with E-state index in [1.54, 1.807) is 6.20 Å². The maximum atomic E-state index is 5.56. The molecule has 1 N–H and O–H groups in total. The molecule has 1 fully saturated rings. The highest BCUT2D eigenvalue weighted by Crippen LogP contribution is 2.32. The summed E-state index contributed by atoms with van der Waals surface area (Å²) in [6.07, 6.45) is 7.39. The van der Waals surface area contributed by atoms with E-state index >= 15 is 0 Å². The average molecular weight is 411 g/mol. The van der Waals surface area contributed by atoms with E-state index in [4.69, 9.17) is 4.74 Å². The Labute approximate surface area is 179 Å². The third-order valence-corrected chi connectivity index (χ3v) is 5.80. The number of ether oxygens (including phenoxy) is 1. The average Bonchev–Trinajstić information content (AvgIpc) is 3.40. The van der Waals surface area contributed by atoms with Crippen molar-refractivity contribution < 1.29 is 4.74 Å². The minimum atomic E-state index is 0.0572. The second-order valence-electron chi connectivity index (χ2n) is 8.30. The molecule has 162 valence electrons. The summed E-state index contributed by atoms with van der Waals surface area (Å²) in [4.78, 5) is 22.2. The van der Waals surface area contributed by atoms with Gasteiger partial charge < -0.3 is 9.72 Å². The number of nitrogens with zero attached hydrogens (tertiary/aromatic N) is 5. The number of fused-ring (bicyclic) bond motifs is 1. The molecule has 0 amide bonds. The third kappa shape index (κ3) is 5.40. The molecule has 3 aromatic rings. The van der Waals surface area contributed by atoms with Crippen LogP contribution in [-0.4, -0.2) is 56.1 Å². The molecule has 4 heterocycles. The fourth-order valence-electron chi connectivity index (χ4n) is 3.75. The van der Waals surface area contributed by atoms with Crippen molar-refractivity contribution in [2.24, 2.45) is 5.92 Å². The Morgan fingerprint density at radius 1 is 1.20 bits per heavy atom. The summed E-state index contributed by atoms with van der Waals surface area (Å²) in [5.74, 6) is 1.64. The summed E-state index contributed by atoms with van der Waals surface area (Å²) in [5.41, 5.74) is 4.09.